The van der Waals surface area contributed by atoms with Gasteiger partial charge < -0.3 is 15.3 Å². The fraction of sp³-hybridized carbons (Fsp3) is 0.676. The van der Waals surface area contributed by atoms with Gasteiger partial charge in [-0.25, -0.2) is 13.1 Å². The second-order valence-electron chi connectivity index (χ2n) is 13.5. The lowest BCUT2D eigenvalue weighted by Crippen LogP contribution is -2.73. The highest BCUT2D eigenvalue weighted by molar-refractivity contribution is 7.89. The van der Waals surface area contributed by atoms with E-state index in [0.29, 0.717) is 44.9 Å². The average molecular weight is 657 g/mol. The van der Waals surface area contributed by atoms with Crippen LogP contribution in [0, 0.1) is 19.8 Å². The monoisotopic (exact) mass is 656 g/mol. The van der Waals surface area contributed by atoms with E-state index in [1.807, 2.05) is 23.4 Å². The molecule has 2 saturated heterocycles. The van der Waals surface area contributed by atoms with Gasteiger partial charge in [0, 0.05) is 51.0 Å². The molecule has 0 bridgehead atoms. The van der Waals surface area contributed by atoms with Gasteiger partial charge in [-0.1, -0.05) is 45.4 Å². The summed E-state index contributed by atoms with van der Waals surface area (Å²) in [5.74, 6) is 0.652. The molecule has 0 radical (unpaired) electrons. The lowest BCUT2D eigenvalue weighted by atomic mass is 9.79. The highest BCUT2D eigenvalue weighted by Gasteiger charge is 2.53. The van der Waals surface area contributed by atoms with Crippen LogP contribution >= 0.6 is 0 Å². The summed E-state index contributed by atoms with van der Waals surface area (Å²) in [6, 6.07) is 6.23. The molecule has 3 fully saturated rings. The Kier molecular flexibility index (Phi) is 10.9. The first-order chi connectivity index (χ1) is 22.0. The van der Waals surface area contributed by atoms with Gasteiger partial charge >= 0.3 is 0 Å². The number of aliphatic hydroxyl groups excluding tert-OH is 1. The van der Waals surface area contributed by atoms with Crippen LogP contribution in [0.15, 0.2) is 29.2 Å². The van der Waals surface area contributed by atoms with Gasteiger partial charge in [0.2, 0.25) is 21.8 Å². The Labute approximate surface area is 274 Å². The van der Waals surface area contributed by atoms with E-state index < -0.39 is 21.6 Å². The summed E-state index contributed by atoms with van der Waals surface area (Å²) in [6.45, 7) is 8.63. The Balaban J connectivity index is 1.27. The molecule has 1 saturated carbocycles. The molecule has 1 spiro atoms. The van der Waals surface area contributed by atoms with E-state index in [0.717, 1.165) is 59.0 Å². The minimum atomic E-state index is -3.69. The van der Waals surface area contributed by atoms with Gasteiger partial charge in [0.25, 0.3) is 0 Å². The second kappa shape index (κ2) is 14.5. The highest BCUT2D eigenvalue weighted by Crippen LogP contribution is 2.36. The number of likely N-dealkylation sites (N-methyl/N-ethyl adjacent to an activating group) is 1. The molecule has 11 nitrogen and oxygen atoms in total. The quantitative estimate of drug-likeness (QED) is 0.358. The summed E-state index contributed by atoms with van der Waals surface area (Å²) >= 11 is 0. The Bertz CT molecular complexity index is 1480. The SMILES string of the molecule is CCCCN1C(=O)[C@H](CC2CCCCC2)NC(=O)C12CCN(Cc1c(C)nn(-c3ccc(S(=O)(=O)N(C)CCO)cc3)c1C)CC2. The molecular weight excluding hydrogens is 604 g/mol. The zero-order valence-corrected chi connectivity index (χ0v) is 28.8. The molecule has 12 heteroatoms. The summed E-state index contributed by atoms with van der Waals surface area (Å²) in [4.78, 5) is 32.2. The third-order valence-corrected chi connectivity index (χ3v) is 12.4. The van der Waals surface area contributed by atoms with Crippen molar-refractivity contribution in [1.82, 2.24) is 29.2 Å². The molecule has 1 aromatic carbocycles. The van der Waals surface area contributed by atoms with Gasteiger partial charge in [0.05, 0.1) is 22.9 Å². The lowest BCUT2D eigenvalue weighted by molar-refractivity contribution is -0.162. The molecule has 254 valence electrons. The first-order valence-corrected chi connectivity index (χ1v) is 18.5. The van der Waals surface area contributed by atoms with Gasteiger partial charge in [-0.05, 0) is 69.7 Å². The van der Waals surface area contributed by atoms with Crippen LogP contribution in [0.3, 0.4) is 0 Å². The number of aryl methyl sites for hydroxylation is 1. The van der Waals surface area contributed by atoms with Crippen LogP contribution in [0.5, 0.6) is 0 Å². The van der Waals surface area contributed by atoms with E-state index in [4.69, 9.17) is 10.2 Å². The number of likely N-dealkylation sites (tertiary alicyclic amines) is 1. The Hall–Kier alpha value is -2.80. The van der Waals surface area contributed by atoms with E-state index in [-0.39, 0.29) is 29.9 Å². The fourth-order valence-electron chi connectivity index (χ4n) is 7.59. The number of nitrogens with one attached hydrogen (secondary N) is 1. The number of hydrogen-bond donors (Lipinski definition) is 2. The molecule has 2 N–H and O–H groups in total. The molecule has 2 aromatic rings. The molecule has 2 amide bonds. The van der Waals surface area contributed by atoms with Crippen molar-refractivity contribution >= 4 is 21.8 Å². The smallest absolute Gasteiger partial charge is 0.246 e. The van der Waals surface area contributed by atoms with Gasteiger partial charge in [0.15, 0.2) is 0 Å². The maximum atomic E-state index is 13.9. The largest absolute Gasteiger partial charge is 0.395 e. The number of aromatic nitrogens is 2. The molecule has 1 atom stereocenters. The third-order valence-electron chi connectivity index (χ3n) is 10.5. The number of piperazine rings is 1. The molecule has 2 aliphatic heterocycles. The van der Waals surface area contributed by atoms with Gasteiger partial charge in [-0.3, -0.25) is 14.5 Å². The van der Waals surface area contributed by atoms with E-state index in [2.05, 4.69) is 17.1 Å². The van der Waals surface area contributed by atoms with Gasteiger partial charge in [0.1, 0.15) is 11.6 Å². The molecule has 3 aliphatic rings. The number of hydrogen-bond acceptors (Lipinski definition) is 7. The maximum absolute atomic E-state index is 13.9. The number of aliphatic hydroxyl groups is 1. The van der Waals surface area contributed by atoms with E-state index in [9.17, 15) is 18.0 Å². The number of piperidine rings is 1. The van der Waals surface area contributed by atoms with Crippen molar-refractivity contribution in [3.8, 4) is 5.69 Å². The van der Waals surface area contributed by atoms with Crippen LogP contribution in [0.1, 0.15) is 88.1 Å². The van der Waals surface area contributed by atoms with Crippen molar-refractivity contribution in [2.45, 2.75) is 108 Å². The van der Waals surface area contributed by atoms with Crippen molar-refractivity contribution < 1.29 is 23.1 Å². The van der Waals surface area contributed by atoms with Crippen LogP contribution in [-0.2, 0) is 26.2 Å². The van der Waals surface area contributed by atoms with Crippen LogP contribution < -0.4 is 5.32 Å². The van der Waals surface area contributed by atoms with Crippen molar-refractivity contribution in [1.29, 1.82) is 0 Å². The van der Waals surface area contributed by atoms with Crippen LogP contribution in [0.25, 0.3) is 5.69 Å². The summed E-state index contributed by atoms with van der Waals surface area (Å²) < 4.78 is 28.5. The maximum Gasteiger partial charge on any atom is 0.246 e. The van der Waals surface area contributed by atoms with E-state index >= 15 is 0 Å². The lowest BCUT2D eigenvalue weighted by Gasteiger charge is -2.52. The minimum absolute atomic E-state index is 0.0249. The number of benzene rings is 1. The zero-order chi connectivity index (χ0) is 33.1. The van der Waals surface area contributed by atoms with Crippen molar-refractivity contribution in [2.75, 3.05) is 39.8 Å². The number of amides is 2. The second-order valence-corrected chi connectivity index (χ2v) is 15.6. The van der Waals surface area contributed by atoms with Gasteiger partial charge in [-0.2, -0.15) is 9.40 Å². The number of rotatable bonds is 12. The highest BCUT2D eigenvalue weighted by atomic mass is 32.2. The van der Waals surface area contributed by atoms with E-state index in [1.165, 1.54) is 26.3 Å². The normalized spacial score (nSPS) is 21.3. The predicted molar refractivity (Wildman–Crippen MR) is 177 cm³/mol. The predicted octanol–water partition coefficient (Wildman–Crippen LogP) is 3.53. The molecule has 1 aromatic heterocycles. The van der Waals surface area contributed by atoms with Crippen LogP contribution in [-0.4, -0.2) is 101 Å². The first-order valence-electron chi connectivity index (χ1n) is 17.1. The number of carbonyl (C=O) groups is 2. The average Bonchev–Trinajstić information content (AvgIpc) is 3.33. The molecule has 5 rings (SSSR count). The summed E-state index contributed by atoms with van der Waals surface area (Å²) in [7, 11) is -2.24. The summed E-state index contributed by atoms with van der Waals surface area (Å²) in [6.07, 6.45) is 9.86. The number of nitrogens with zero attached hydrogens (tertiary/aromatic N) is 5. The zero-order valence-electron chi connectivity index (χ0n) is 28.0. The van der Waals surface area contributed by atoms with E-state index in [1.54, 1.807) is 24.3 Å². The number of sulfonamides is 1. The standard InChI is InChI=1S/C34H52N6O5S/c1-5-6-18-39-32(42)31(23-27-10-8-7-9-11-27)35-33(43)34(39)16-19-38(20-17-34)24-30-25(2)36-40(26(30)3)28-12-14-29(15-13-28)46(44,45)37(4)21-22-41/h12-15,27,31,41H,5-11,16-24H2,1-4H3,(H,35,43)/t31-/m0/s1. The topological polar surface area (TPSA) is 128 Å². The number of unbranched alkanes of at least 4 members (excludes halogenated alkanes) is 1. The Morgan fingerprint density at radius 3 is 2.37 bits per heavy atom. The summed E-state index contributed by atoms with van der Waals surface area (Å²) in [5.41, 5.74) is 2.96. The Morgan fingerprint density at radius 2 is 1.74 bits per heavy atom. The fourth-order valence-corrected chi connectivity index (χ4v) is 8.75. The minimum Gasteiger partial charge on any atom is -0.395 e. The van der Waals surface area contributed by atoms with Crippen molar-refractivity contribution in [2.24, 2.45) is 5.92 Å². The van der Waals surface area contributed by atoms with Crippen molar-refractivity contribution in [3.63, 3.8) is 0 Å². The Morgan fingerprint density at radius 1 is 1.07 bits per heavy atom. The molecule has 1 aliphatic carbocycles. The van der Waals surface area contributed by atoms with Crippen molar-refractivity contribution in [3.05, 3.63) is 41.2 Å². The molecular formula is C34H52N6O5S. The molecule has 0 unspecified atom stereocenters. The number of carbonyl (C=O) groups excluding carboxylic acids is 2. The third kappa shape index (κ3) is 6.90. The molecule has 3 heterocycles. The van der Waals surface area contributed by atoms with Gasteiger partial charge in [-0.15, -0.1) is 0 Å². The van der Waals surface area contributed by atoms with Crippen LogP contribution in [0.2, 0.25) is 0 Å². The molecule has 46 heavy (non-hydrogen) atoms. The van der Waals surface area contributed by atoms with Crippen LogP contribution in [0.4, 0.5) is 0 Å². The first kappa shape index (κ1) is 34.5. The summed E-state index contributed by atoms with van der Waals surface area (Å²) in [5, 5.41) is 17.1.